The first-order valence-electron chi connectivity index (χ1n) is 10.1. The first-order valence-corrected chi connectivity index (χ1v) is 10.5. The van der Waals surface area contributed by atoms with Crippen LogP contribution in [0.15, 0.2) is 42.5 Å². The topological polar surface area (TPSA) is 65.4 Å². The van der Waals surface area contributed by atoms with Gasteiger partial charge in [-0.3, -0.25) is 4.79 Å². The molecule has 2 heterocycles. The van der Waals surface area contributed by atoms with Gasteiger partial charge in [0.05, 0.1) is 41.0 Å². The molecule has 0 radical (unpaired) electrons. The van der Waals surface area contributed by atoms with Gasteiger partial charge in [0.2, 0.25) is 5.91 Å². The molecule has 1 N–H and O–H groups in total. The molecule has 1 amide bonds. The highest BCUT2D eigenvalue weighted by Gasteiger charge is 2.16. The fourth-order valence-corrected chi connectivity index (χ4v) is 3.72. The molecule has 1 aliphatic rings. The van der Waals surface area contributed by atoms with Gasteiger partial charge in [-0.05, 0) is 56.7 Å². The number of fused-ring (bicyclic) bond motifs is 1. The van der Waals surface area contributed by atoms with Crippen molar-refractivity contribution in [1.29, 1.82) is 0 Å². The van der Waals surface area contributed by atoms with Crippen LogP contribution in [0.25, 0.3) is 11.8 Å². The van der Waals surface area contributed by atoms with E-state index in [2.05, 4.69) is 10.4 Å². The molecular formula is C24H24ClN3O3. The number of amides is 1. The number of rotatable bonds is 4. The molecule has 2 aromatic carbocycles. The standard InChI is InChI=1S/C24H24ClN3O3/c1-15-5-8-19(9-6-15)28-17(3)23(16(2)27-28)26-22(29)10-7-18-13-20(25)24-21(14-18)30-11-4-12-31-24/h5-10,13-14H,4,11-12H2,1-3H3,(H,26,29)/b10-7+. The third-order valence-electron chi connectivity index (χ3n) is 5.07. The Bertz CT molecular complexity index is 1150. The summed E-state index contributed by atoms with van der Waals surface area (Å²) in [5, 5.41) is 7.98. The predicted molar refractivity (Wildman–Crippen MR) is 122 cm³/mol. The van der Waals surface area contributed by atoms with E-state index in [1.165, 1.54) is 11.6 Å². The Morgan fingerprint density at radius 1 is 1.13 bits per heavy atom. The Hall–Kier alpha value is -3.25. The van der Waals surface area contributed by atoms with Crippen molar-refractivity contribution in [2.24, 2.45) is 0 Å². The number of anilines is 1. The molecular weight excluding hydrogens is 414 g/mol. The van der Waals surface area contributed by atoms with Crippen molar-refractivity contribution in [1.82, 2.24) is 9.78 Å². The number of carbonyl (C=O) groups is 1. The quantitative estimate of drug-likeness (QED) is 0.565. The zero-order valence-electron chi connectivity index (χ0n) is 17.7. The number of nitrogens with zero attached hydrogens (tertiary/aromatic N) is 2. The van der Waals surface area contributed by atoms with Crippen LogP contribution in [0.1, 0.15) is 28.9 Å². The van der Waals surface area contributed by atoms with Crippen LogP contribution in [0.5, 0.6) is 11.5 Å². The molecule has 1 aliphatic heterocycles. The highest BCUT2D eigenvalue weighted by atomic mass is 35.5. The van der Waals surface area contributed by atoms with Crippen LogP contribution in [0.4, 0.5) is 5.69 Å². The molecule has 0 bridgehead atoms. The van der Waals surface area contributed by atoms with E-state index in [9.17, 15) is 4.79 Å². The van der Waals surface area contributed by atoms with Crippen molar-refractivity contribution in [2.75, 3.05) is 18.5 Å². The number of halogens is 1. The van der Waals surface area contributed by atoms with Gasteiger partial charge < -0.3 is 14.8 Å². The maximum Gasteiger partial charge on any atom is 0.248 e. The molecule has 6 nitrogen and oxygen atoms in total. The lowest BCUT2D eigenvalue weighted by Gasteiger charge is -2.10. The Morgan fingerprint density at radius 3 is 2.65 bits per heavy atom. The zero-order valence-corrected chi connectivity index (χ0v) is 18.5. The highest BCUT2D eigenvalue weighted by Crippen LogP contribution is 2.38. The van der Waals surface area contributed by atoms with E-state index in [1.54, 1.807) is 12.1 Å². The number of nitrogens with one attached hydrogen (secondary N) is 1. The fourth-order valence-electron chi connectivity index (χ4n) is 3.44. The summed E-state index contributed by atoms with van der Waals surface area (Å²) >= 11 is 6.33. The van der Waals surface area contributed by atoms with Crippen molar-refractivity contribution in [3.05, 3.63) is 70.0 Å². The van der Waals surface area contributed by atoms with E-state index in [0.29, 0.717) is 35.4 Å². The minimum Gasteiger partial charge on any atom is -0.489 e. The molecule has 0 aliphatic carbocycles. The molecule has 160 valence electrons. The second kappa shape index (κ2) is 8.86. The normalized spacial score (nSPS) is 13.3. The van der Waals surface area contributed by atoms with Gasteiger partial charge in [-0.25, -0.2) is 4.68 Å². The predicted octanol–water partition coefficient (Wildman–Crippen LogP) is 5.26. The Balaban J connectivity index is 1.52. The van der Waals surface area contributed by atoms with Crippen LogP contribution in [0.2, 0.25) is 5.02 Å². The lowest BCUT2D eigenvalue weighted by molar-refractivity contribution is -0.111. The summed E-state index contributed by atoms with van der Waals surface area (Å²) in [6.07, 6.45) is 3.97. The molecule has 31 heavy (non-hydrogen) atoms. The molecule has 0 fully saturated rings. The Morgan fingerprint density at radius 2 is 1.87 bits per heavy atom. The van der Waals surface area contributed by atoms with Gasteiger partial charge in [0.1, 0.15) is 0 Å². The minimum absolute atomic E-state index is 0.252. The Kier molecular flexibility index (Phi) is 6.00. The van der Waals surface area contributed by atoms with Gasteiger partial charge in [0.15, 0.2) is 11.5 Å². The van der Waals surface area contributed by atoms with Crippen LogP contribution in [-0.2, 0) is 4.79 Å². The lowest BCUT2D eigenvalue weighted by atomic mass is 10.2. The third kappa shape index (κ3) is 4.59. The monoisotopic (exact) mass is 437 g/mol. The van der Waals surface area contributed by atoms with E-state index in [-0.39, 0.29) is 5.91 Å². The summed E-state index contributed by atoms with van der Waals surface area (Å²) in [6, 6.07) is 11.7. The van der Waals surface area contributed by atoms with Gasteiger partial charge >= 0.3 is 0 Å². The number of aromatic nitrogens is 2. The van der Waals surface area contributed by atoms with Gasteiger partial charge in [0.25, 0.3) is 0 Å². The third-order valence-corrected chi connectivity index (χ3v) is 5.35. The minimum atomic E-state index is -0.252. The SMILES string of the molecule is Cc1ccc(-n2nc(C)c(NC(=O)/C=C/c3cc(Cl)c4c(c3)OCCCO4)c2C)cc1. The van der Waals surface area contributed by atoms with Crippen LogP contribution in [0.3, 0.4) is 0 Å². The smallest absolute Gasteiger partial charge is 0.248 e. The maximum absolute atomic E-state index is 12.6. The molecule has 7 heteroatoms. The van der Waals surface area contributed by atoms with E-state index in [0.717, 1.165) is 29.1 Å². The maximum atomic E-state index is 12.6. The summed E-state index contributed by atoms with van der Waals surface area (Å²) in [6.45, 7) is 6.99. The van der Waals surface area contributed by atoms with Crippen LogP contribution < -0.4 is 14.8 Å². The van der Waals surface area contributed by atoms with Gasteiger partial charge in [-0.1, -0.05) is 29.3 Å². The summed E-state index contributed by atoms with van der Waals surface area (Å²) in [5.74, 6) is 0.893. The molecule has 1 aromatic heterocycles. The molecule has 4 rings (SSSR count). The fraction of sp³-hybridized carbons (Fsp3) is 0.250. The number of hydrogen-bond donors (Lipinski definition) is 1. The summed E-state index contributed by atoms with van der Waals surface area (Å²) in [5.41, 5.74) is 5.20. The van der Waals surface area contributed by atoms with Crippen molar-refractivity contribution in [3.8, 4) is 17.2 Å². The molecule has 0 spiro atoms. The molecule has 0 atom stereocenters. The van der Waals surface area contributed by atoms with Crippen molar-refractivity contribution in [3.63, 3.8) is 0 Å². The van der Waals surface area contributed by atoms with E-state index in [4.69, 9.17) is 21.1 Å². The second-order valence-corrected chi connectivity index (χ2v) is 7.90. The molecule has 0 saturated carbocycles. The van der Waals surface area contributed by atoms with E-state index in [1.807, 2.05) is 55.8 Å². The van der Waals surface area contributed by atoms with E-state index >= 15 is 0 Å². The Labute approximate surface area is 186 Å². The van der Waals surface area contributed by atoms with Gasteiger partial charge in [0, 0.05) is 12.5 Å². The molecule has 3 aromatic rings. The zero-order chi connectivity index (χ0) is 22.0. The first kappa shape index (κ1) is 21.0. The average molecular weight is 438 g/mol. The largest absolute Gasteiger partial charge is 0.489 e. The van der Waals surface area contributed by atoms with Gasteiger partial charge in [-0.2, -0.15) is 5.10 Å². The van der Waals surface area contributed by atoms with Crippen molar-refractivity contribution < 1.29 is 14.3 Å². The van der Waals surface area contributed by atoms with Crippen LogP contribution in [0, 0.1) is 20.8 Å². The molecule has 0 saturated heterocycles. The van der Waals surface area contributed by atoms with Crippen molar-refractivity contribution in [2.45, 2.75) is 27.2 Å². The summed E-state index contributed by atoms with van der Waals surface area (Å²) in [4.78, 5) is 12.6. The van der Waals surface area contributed by atoms with Crippen LogP contribution in [-0.4, -0.2) is 28.9 Å². The first-order chi connectivity index (χ1) is 14.9. The number of hydrogen-bond acceptors (Lipinski definition) is 4. The second-order valence-electron chi connectivity index (χ2n) is 7.50. The van der Waals surface area contributed by atoms with Gasteiger partial charge in [-0.15, -0.1) is 0 Å². The summed E-state index contributed by atoms with van der Waals surface area (Å²) in [7, 11) is 0. The van der Waals surface area contributed by atoms with Crippen LogP contribution >= 0.6 is 11.6 Å². The average Bonchev–Trinajstić information content (AvgIpc) is 2.91. The lowest BCUT2D eigenvalue weighted by Crippen LogP contribution is -2.09. The number of carbonyl (C=O) groups excluding carboxylic acids is 1. The number of ether oxygens (including phenoxy) is 2. The number of aryl methyl sites for hydroxylation is 2. The molecule has 0 unspecified atom stereocenters. The highest BCUT2D eigenvalue weighted by molar-refractivity contribution is 6.32. The number of benzene rings is 2. The van der Waals surface area contributed by atoms with Crippen molar-refractivity contribution >= 4 is 29.3 Å². The van der Waals surface area contributed by atoms with E-state index < -0.39 is 0 Å². The summed E-state index contributed by atoms with van der Waals surface area (Å²) < 4.78 is 13.2.